The van der Waals surface area contributed by atoms with Crippen LogP contribution in [-0.4, -0.2) is 24.5 Å². The predicted octanol–water partition coefficient (Wildman–Crippen LogP) is 2.95. The summed E-state index contributed by atoms with van der Waals surface area (Å²) < 4.78 is 13.2. The van der Waals surface area contributed by atoms with Crippen molar-refractivity contribution in [1.82, 2.24) is 4.90 Å². The number of nitrogens with two attached hydrogens (primary N) is 1. The molecule has 18 heavy (non-hydrogen) atoms. The molecule has 2 rings (SSSR count). The zero-order chi connectivity index (χ0) is 13.0. The van der Waals surface area contributed by atoms with E-state index in [2.05, 4.69) is 11.8 Å². The average molecular weight is 250 g/mol. The molecule has 1 unspecified atom stereocenters. The van der Waals surface area contributed by atoms with Crippen LogP contribution in [0.25, 0.3) is 0 Å². The molecule has 1 aliphatic carbocycles. The molecule has 2 N–H and O–H groups in total. The highest BCUT2D eigenvalue weighted by Gasteiger charge is 2.24. The number of rotatable bonds is 7. The largest absolute Gasteiger partial charge is 0.323 e. The van der Waals surface area contributed by atoms with Crippen LogP contribution in [0.3, 0.4) is 0 Å². The highest BCUT2D eigenvalue weighted by atomic mass is 19.1. The van der Waals surface area contributed by atoms with E-state index in [1.54, 1.807) is 12.1 Å². The van der Waals surface area contributed by atoms with Gasteiger partial charge in [0.15, 0.2) is 0 Å². The summed E-state index contributed by atoms with van der Waals surface area (Å²) in [5.41, 5.74) is 7.08. The molecule has 100 valence electrons. The average Bonchev–Trinajstić information content (AvgIpc) is 3.13. The maximum Gasteiger partial charge on any atom is 0.123 e. The van der Waals surface area contributed by atoms with Crippen LogP contribution < -0.4 is 5.73 Å². The van der Waals surface area contributed by atoms with E-state index in [0.29, 0.717) is 0 Å². The second-order valence-electron chi connectivity index (χ2n) is 5.36. The van der Waals surface area contributed by atoms with Crippen molar-refractivity contribution in [2.24, 2.45) is 11.7 Å². The molecule has 0 amide bonds. The van der Waals surface area contributed by atoms with Gasteiger partial charge in [-0.05, 0) is 49.4 Å². The minimum atomic E-state index is -0.202. The molecule has 1 aliphatic rings. The first-order chi connectivity index (χ1) is 8.69. The molecule has 1 saturated carbocycles. The Morgan fingerprint density at radius 1 is 1.44 bits per heavy atom. The van der Waals surface area contributed by atoms with Crippen molar-refractivity contribution < 1.29 is 4.39 Å². The van der Waals surface area contributed by atoms with Crippen LogP contribution in [0, 0.1) is 11.7 Å². The van der Waals surface area contributed by atoms with Crippen molar-refractivity contribution in [3.63, 3.8) is 0 Å². The van der Waals surface area contributed by atoms with Crippen molar-refractivity contribution in [2.75, 3.05) is 19.6 Å². The maximum atomic E-state index is 13.2. The highest BCUT2D eigenvalue weighted by molar-refractivity contribution is 5.20. The van der Waals surface area contributed by atoms with Crippen LogP contribution in [0.2, 0.25) is 0 Å². The molecule has 1 aromatic rings. The van der Waals surface area contributed by atoms with E-state index in [4.69, 9.17) is 5.73 Å². The van der Waals surface area contributed by atoms with Gasteiger partial charge in [0.1, 0.15) is 5.82 Å². The van der Waals surface area contributed by atoms with Crippen molar-refractivity contribution >= 4 is 0 Å². The molecule has 0 radical (unpaired) electrons. The summed E-state index contributed by atoms with van der Waals surface area (Å²) in [5.74, 6) is 0.670. The van der Waals surface area contributed by atoms with Crippen LogP contribution >= 0.6 is 0 Å². The normalized spacial score (nSPS) is 17.1. The molecule has 0 spiro atoms. The Balaban J connectivity index is 1.92. The van der Waals surface area contributed by atoms with E-state index in [9.17, 15) is 4.39 Å². The van der Waals surface area contributed by atoms with Gasteiger partial charge in [0.05, 0.1) is 0 Å². The SMILES string of the molecule is CCCN(CC1CC1)CC(N)c1cccc(F)c1. The molecule has 0 aromatic heterocycles. The Labute approximate surface area is 109 Å². The Morgan fingerprint density at radius 3 is 2.83 bits per heavy atom. The van der Waals surface area contributed by atoms with Gasteiger partial charge in [-0.25, -0.2) is 4.39 Å². The van der Waals surface area contributed by atoms with Crippen molar-refractivity contribution in [3.05, 3.63) is 35.6 Å². The third-order valence-electron chi connectivity index (χ3n) is 3.48. The van der Waals surface area contributed by atoms with E-state index in [-0.39, 0.29) is 11.9 Å². The highest BCUT2D eigenvalue weighted by Crippen LogP contribution is 2.30. The topological polar surface area (TPSA) is 29.3 Å². The number of hydrogen-bond acceptors (Lipinski definition) is 2. The first-order valence-corrected chi connectivity index (χ1v) is 6.92. The van der Waals surface area contributed by atoms with Crippen molar-refractivity contribution in [2.45, 2.75) is 32.2 Å². The molecule has 1 aromatic carbocycles. The van der Waals surface area contributed by atoms with Gasteiger partial charge in [-0.15, -0.1) is 0 Å². The summed E-state index contributed by atoms with van der Waals surface area (Å²) in [6, 6.07) is 6.56. The van der Waals surface area contributed by atoms with E-state index in [1.165, 1.54) is 18.9 Å². The lowest BCUT2D eigenvalue weighted by molar-refractivity contribution is 0.248. The van der Waals surface area contributed by atoms with Gasteiger partial charge in [-0.1, -0.05) is 19.1 Å². The first kappa shape index (κ1) is 13.5. The van der Waals surface area contributed by atoms with Crippen LogP contribution in [-0.2, 0) is 0 Å². The van der Waals surface area contributed by atoms with Gasteiger partial charge in [-0.2, -0.15) is 0 Å². The molecule has 0 saturated heterocycles. The molecule has 0 aliphatic heterocycles. The Morgan fingerprint density at radius 2 is 2.22 bits per heavy atom. The summed E-state index contributed by atoms with van der Waals surface area (Å²) >= 11 is 0. The van der Waals surface area contributed by atoms with Crippen molar-refractivity contribution in [1.29, 1.82) is 0 Å². The van der Waals surface area contributed by atoms with Gasteiger partial charge in [0, 0.05) is 19.1 Å². The first-order valence-electron chi connectivity index (χ1n) is 6.92. The molecule has 1 atom stereocenters. The van der Waals surface area contributed by atoms with Crippen LogP contribution in [0.15, 0.2) is 24.3 Å². The lowest BCUT2D eigenvalue weighted by Gasteiger charge is -2.25. The smallest absolute Gasteiger partial charge is 0.123 e. The zero-order valence-corrected chi connectivity index (χ0v) is 11.1. The Kier molecular flexibility index (Phi) is 4.72. The van der Waals surface area contributed by atoms with Gasteiger partial charge < -0.3 is 10.6 Å². The molecule has 0 bridgehead atoms. The lowest BCUT2D eigenvalue weighted by atomic mass is 10.1. The van der Waals surface area contributed by atoms with Gasteiger partial charge >= 0.3 is 0 Å². The quantitative estimate of drug-likeness (QED) is 0.806. The molecule has 3 heteroatoms. The maximum absolute atomic E-state index is 13.2. The van der Waals surface area contributed by atoms with E-state index >= 15 is 0 Å². The van der Waals surface area contributed by atoms with Gasteiger partial charge in [0.25, 0.3) is 0 Å². The van der Waals surface area contributed by atoms with E-state index < -0.39 is 0 Å². The van der Waals surface area contributed by atoms with Crippen molar-refractivity contribution in [3.8, 4) is 0 Å². The van der Waals surface area contributed by atoms with Crippen LogP contribution in [0.5, 0.6) is 0 Å². The molecule has 2 nitrogen and oxygen atoms in total. The number of halogens is 1. The fourth-order valence-electron chi connectivity index (χ4n) is 2.36. The van der Waals surface area contributed by atoms with Gasteiger partial charge in [-0.3, -0.25) is 0 Å². The van der Waals surface area contributed by atoms with Crippen LogP contribution in [0.4, 0.5) is 4.39 Å². The Bertz CT molecular complexity index is 377. The summed E-state index contributed by atoms with van der Waals surface area (Å²) in [7, 11) is 0. The molecular formula is C15H23FN2. The number of benzene rings is 1. The van der Waals surface area contributed by atoms with E-state index in [0.717, 1.165) is 37.5 Å². The number of hydrogen-bond donors (Lipinski definition) is 1. The van der Waals surface area contributed by atoms with Crippen LogP contribution in [0.1, 0.15) is 37.8 Å². The van der Waals surface area contributed by atoms with Gasteiger partial charge in [0.2, 0.25) is 0 Å². The lowest BCUT2D eigenvalue weighted by Crippen LogP contribution is -2.34. The monoisotopic (exact) mass is 250 g/mol. The summed E-state index contributed by atoms with van der Waals surface area (Å²) in [4.78, 5) is 2.42. The second-order valence-corrected chi connectivity index (χ2v) is 5.36. The number of nitrogens with zero attached hydrogens (tertiary/aromatic N) is 1. The standard InChI is InChI=1S/C15H23FN2/c1-2-8-18(10-12-6-7-12)11-15(17)13-4-3-5-14(16)9-13/h3-5,9,12,15H,2,6-8,10-11,17H2,1H3. The minimum Gasteiger partial charge on any atom is -0.323 e. The molecule has 1 fully saturated rings. The predicted molar refractivity (Wildman–Crippen MR) is 72.8 cm³/mol. The fraction of sp³-hybridized carbons (Fsp3) is 0.600. The zero-order valence-electron chi connectivity index (χ0n) is 11.1. The molecular weight excluding hydrogens is 227 g/mol. The fourth-order valence-corrected chi connectivity index (χ4v) is 2.36. The Hall–Kier alpha value is -0.930. The summed E-state index contributed by atoms with van der Waals surface area (Å²) in [6.45, 7) is 5.25. The second kappa shape index (κ2) is 6.30. The summed E-state index contributed by atoms with van der Waals surface area (Å²) in [6.07, 6.45) is 3.85. The summed E-state index contributed by atoms with van der Waals surface area (Å²) in [5, 5.41) is 0. The van der Waals surface area contributed by atoms with E-state index in [1.807, 2.05) is 6.07 Å². The minimum absolute atomic E-state index is 0.0917. The third kappa shape index (κ3) is 4.07. The third-order valence-corrected chi connectivity index (χ3v) is 3.48. The molecule has 0 heterocycles.